The standard InChI is InChI=1S/C19H29NO3/c1-15-13-20(14-16(2)23-15)8-9-21-10-11-22-19-7-6-17-4-3-5-18(17)12-19/h6-7,12,15-16H,3-5,8-11,13-14H2,1-2H3/t15-,16-/m1/s1. The molecule has 4 nitrogen and oxygen atoms in total. The fourth-order valence-corrected chi connectivity index (χ4v) is 3.62. The van der Waals surface area contributed by atoms with Crippen molar-refractivity contribution < 1.29 is 14.2 Å². The summed E-state index contributed by atoms with van der Waals surface area (Å²) < 4.78 is 17.3. The minimum Gasteiger partial charge on any atom is -0.491 e. The van der Waals surface area contributed by atoms with Crippen LogP contribution in [0.5, 0.6) is 5.75 Å². The molecule has 1 aromatic carbocycles. The van der Waals surface area contributed by atoms with Gasteiger partial charge in [0.1, 0.15) is 12.4 Å². The highest BCUT2D eigenvalue weighted by molar-refractivity contribution is 5.38. The van der Waals surface area contributed by atoms with Crippen LogP contribution in [0, 0.1) is 0 Å². The van der Waals surface area contributed by atoms with E-state index in [4.69, 9.17) is 14.2 Å². The molecule has 3 rings (SSSR count). The highest BCUT2D eigenvalue weighted by atomic mass is 16.5. The predicted molar refractivity (Wildman–Crippen MR) is 91.2 cm³/mol. The Bertz CT molecular complexity index is 495. The summed E-state index contributed by atoms with van der Waals surface area (Å²) in [6.07, 6.45) is 4.33. The lowest BCUT2D eigenvalue weighted by Gasteiger charge is -2.35. The van der Waals surface area contributed by atoms with E-state index in [2.05, 4.69) is 36.9 Å². The number of fused-ring (bicyclic) bond motifs is 1. The van der Waals surface area contributed by atoms with Crippen LogP contribution in [0.25, 0.3) is 0 Å². The maximum absolute atomic E-state index is 5.80. The zero-order chi connectivity index (χ0) is 16.1. The Morgan fingerprint density at radius 3 is 2.65 bits per heavy atom. The molecule has 0 bridgehead atoms. The van der Waals surface area contributed by atoms with Crippen molar-refractivity contribution in [2.45, 2.75) is 45.3 Å². The van der Waals surface area contributed by atoms with Crippen LogP contribution < -0.4 is 4.74 Å². The fraction of sp³-hybridized carbons (Fsp3) is 0.684. The lowest BCUT2D eigenvalue weighted by molar-refractivity contribution is -0.0734. The Morgan fingerprint density at radius 2 is 1.83 bits per heavy atom. The van der Waals surface area contributed by atoms with E-state index in [1.165, 1.54) is 30.4 Å². The van der Waals surface area contributed by atoms with Crippen molar-refractivity contribution >= 4 is 0 Å². The Labute approximate surface area is 139 Å². The molecule has 23 heavy (non-hydrogen) atoms. The maximum Gasteiger partial charge on any atom is 0.119 e. The molecule has 0 N–H and O–H groups in total. The smallest absolute Gasteiger partial charge is 0.119 e. The Morgan fingerprint density at radius 1 is 1.04 bits per heavy atom. The average molecular weight is 319 g/mol. The minimum absolute atomic E-state index is 0.321. The van der Waals surface area contributed by atoms with Gasteiger partial charge in [-0.05, 0) is 56.4 Å². The molecule has 2 aliphatic rings. The number of hydrogen-bond donors (Lipinski definition) is 0. The highest BCUT2D eigenvalue weighted by Crippen LogP contribution is 2.25. The monoisotopic (exact) mass is 319 g/mol. The zero-order valence-corrected chi connectivity index (χ0v) is 14.4. The van der Waals surface area contributed by atoms with Crippen LogP contribution in [0.2, 0.25) is 0 Å². The Balaban J connectivity index is 1.28. The second-order valence-corrected chi connectivity index (χ2v) is 6.76. The molecule has 0 radical (unpaired) electrons. The molecular formula is C19H29NO3. The first-order chi connectivity index (χ1) is 11.2. The molecule has 2 atom stereocenters. The van der Waals surface area contributed by atoms with Gasteiger partial charge in [0.15, 0.2) is 0 Å². The van der Waals surface area contributed by atoms with Gasteiger partial charge in [-0.25, -0.2) is 0 Å². The second-order valence-electron chi connectivity index (χ2n) is 6.76. The van der Waals surface area contributed by atoms with Crippen LogP contribution in [0.4, 0.5) is 0 Å². The molecular weight excluding hydrogens is 290 g/mol. The first-order valence-electron chi connectivity index (χ1n) is 8.91. The van der Waals surface area contributed by atoms with Crippen LogP contribution in [0.15, 0.2) is 18.2 Å². The highest BCUT2D eigenvalue weighted by Gasteiger charge is 2.21. The molecule has 4 heteroatoms. The van der Waals surface area contributed by atoms with Gasteiger partial charge in [-0.1, -0.05) is 6.07 Å². The molecule has 0 spiro atoms. The lowest BCUT2D eigenvalue weighted by atomic mass is 10.1. The van der Waals surface area contributed by atoms with Crippen molar-refractivity contribution in [3.8, 4) is 5.75 Å². The number of hydrogen-bond acceptors (Lipinski definition) is 4. The van der Waals surface area contributed by atoms with E-state index < -0.39 is 0 Å². The molecule has 0 saturated carbocycles. The summed E-state index contributed by atoms with van der Waals surface area (Å²) in [5.41, 5.74) is 2.95. The van der Waals surface area contributed by atoms with E-state index in [1.54, 1.807) is 0 Å². The third-order valence-electron chi connectivity index (χ3n) is 4.61. The molecule has 1 saturated heterocycles. The van der Waals surface area contributed by atoms with Crippen molar-refractivity contribution in [2.24, 2.45) is 0 Å². The number of ether oxygens (including phenoxy) is 3. The lowest BCUT2D eigenvalue weighted by Crippen LogP contribution is -2.46. The van der Waals surface area contributed by atoms with Gasteiger partial charge in [-0.3, -0.25) is 4.90 Å². The summed E-state index contributed by atoms with van der Waals surface area (Å²) in [7, 11) is 0. The van der Waals surface area contributed by atoms with E-state index in [1.807, 2.05) is 0 Å². The summed E-state index contributed by atoms with van der Waals surface area (Å²) in [5.74, 6) is 0.977. The number of morpholine rings is 1. The molecule has 0 amide bonds. The van der Waals surface area contributed by atoms with Gasteiger partial charge in [0.05, 0.1) is 25.4 Å². The Kier molecular flexibility index (Phi) is 5.92. The van der Waals surface area contributed by atoms with E-state index in [9.17, 15) is 0 Å². The van der Waals surface area contributed by atoms with Crippen molar-refractivity contribution in [2.75, 3.05) is 39.5 Å². The SMILES string of the molecule is C[C@@H]1CN(CCOCCOc2ccc3c(c2)CCC3)C[C@@H](C)O1. The number of rotatable bonds is 7. The van der Waals surface area contributed by atoms with Gasteiger partial charge < -0.3 is 14.2 Å². The van der Waals surface area contributed by atoms with Gasteiger partial charge in [-0.15, -0.1) is 0 Å². The molecule has 0 aromatic heterocycles. The van der Waals surface area contributed by atoms with Gasteiger partial charge in [0.2, 0.25) is 0 Å². The average Bonchev–Trinajstić information content (AvgIpc) is 2.97. The third-order valence-corrected chi connectivity index (χ3v) is 4.61. The van der Waals surface area contributed by atoms with Crippen LogP contribution >= 0.6 is 0 Å². The van der Waals surface area contributed by atoms with Crippen molar-refractivity contribution in [3.63, 3.8) is 0 Å². The largest absolute Gasteiger partial charge is 0.491 e. The molecule has 1 heterocycles. The second kappa shape index (κ2) is 8.13. The fourth-order valence-electron chi connectivity index (χ4n) is 3.62. The van der Waals surface area contributed by atoms with Crippen molar-refractivity contribution in [1.82, 2.24) is 4.90 Å². The van der Waals surface area contributed by atoms with Crippen molar-refractivity contribution in [3.05, 3.63) is 29.3 Å². The van der Waals surface area contributed by atoms with E-state index in [0.29, 0.717) is 25.4 Å². The third kappa shape index (κ3) is 4.93. The van der Waals surface area contributed by atoms with Crippen LogP contribution in [-0.2, 0) is 22.3 Å². The van der Waals surface area contributed by atoms with Crippen LogP contribution in [-0.4, -0.2) is 56.6 Å². The number of nitrogens with zero attached hydrogens (tertiary/aromatic N) is 1. The zero-order valence-electron chi connectivity index (χ0n) is 14.4. The van der Waals surface area contributed by atoms with E-state index in [-0.39, 0.29) is 0 Å². The molecule has 1 aliphatic heterocycles. The summed E-state index contributed by atoms with van der Waals surface area (Å²) in [6.45, 7) is 9.26. The first-order valence-corrected chi connectivity index (χ1v) is 8.91. The normalized spacial score (nSPS) is 24.6. The van der Waals surface area contributed by atoms with Gasteiger partial charge in [0.25, 0.3) is 0 Å². The molecule has 0 unspecified atom stereocenters. The predicted octanol–water partition coefficient (Wildman–Crippen LogP) is 2.68. The topological polar surface area (TPSA) is 30.9 Å². The first kappa shape index (κ1) is 16.7. The number of aryl methyl sites for hydroxylation is 2. The van der Waals surface area contributed by atoms with Gasteiger partial charge in [0, 0.05) is 19.6 Å². The molecule has 1 aromatic rings. The quantitative estimate of drug-likeness (QED) is 0.723. The van der Waals surface area contributed by atoms with Crippen molar-refractivity contribution in [1.29, 1.82) is 0 Å². The summed E-state index contributed by atoms with van der Waals surface area (Å²) in [5, 5.41) is 0. The minimum atomic E-state index is 0.321. The Hall–Kier alpha value is -1.10. The molecule has 1 aliphatic carbocycles. The maximum atomic E-state index is 5.80. The summed E-state index contributed by atoms with van der Waals surface area (Å²) >= 11 is 0. The summed E-state index contributed by atoms with van der Waals surface area (Å²) in [4.78, 5) is 2.42. The van der Waals surface area contributed by atoms with Crippen LogP contribution in [0.1, 0.15) is 31.4 Å². The summed E-state index contributed by atoms with van der Waals surface area (Å²) in [6, 6.07) is 6.48. The molecule has 1 fully saturated rings. The van der Waals surface area contributed by atoms with Crippen LogP contribution in [0.3, 0.4) is 0 Å². The van der Waals surface area contributed by atoms with Gasteiger partial charge in [-0.2, -0.15) is 0 Å². The van der Waals surface area contributed by atoms with E-state index in [0.717, 1.165) is 32.0 Å². The molecule has 128 valence electrons. The van der Waals surface area contributed by atoms with E-state index >= 15 is 0 Å². The number of benzene rings is 1. The van der Waals surface area contributed by atoms with Gasteiger partial charge >= 0.3 is 0 Å².